The first kappa shape index (κ1) is 25.1. The van der Waals surface area contributed by atoms with E-state index in [2.05, 4.69) is 146 Å². The predicted octanol–water partition coefficient (Wildman–Crippen LogP) is 11.1. The summed E-state index contributed by atoms with van der Waals surface area (Å²) in [6.07, 6.45) is 0. The number of fused-ring (bicyclic) bond motifs is 10. The lowest BCUT2D eigenvalue weighted by atomic mass is 9.85. The van der Waals surface area contributed by atoms with Gasteiger partial charge in [0.2, 0.25) is 0 Å². The second-order valence-electron chi connectivity index (χ2n) is 12.6. The van der Waals surface area contributed by atoms with Gasteiger partial charge in [0.05, 0.1) is 22.4 Å². The molecule has 3 heterocycles. The molecule has 3 nitrogen and oxygen atoms in total. The lowest BCUT2D eigenvalue weighted by Crippen LogP contribution is -2.18. The van der Waals surface area contributed by atoms with Crippen LogP contribution in [-0.4, -0.2) is 14.5 Å². The summed E-state index contributed by atoms with van der Waals surface area (Å²) >= 11 is 1.84. The molecule has 9 aromatic rings. The molecule has 0 saturated carbocycles. The van der Waals surface area contributed by atoms with Crippen LogP contribution in [0.15, 0.2) is 127 Å². The molecule has 0 amide bonds. The molecule has 0 atom stereocenters. The van der Waals surface area contributed by atoms with Crippen molar-refractivity contribution in [1.29, 1.82) is 0 Å². The number of hydrogen-bond acceptors (Lipinski definition) is 3. The summed E-state index contributed by atoms with van der Waals surface area (Å²) in [4.78, 5) is 11.3. The van der Waals surface area contributed by atoms with Crippen LogP contribution in [-0.2, 0) is 5.41 Å². The molecule has 3 aromatic heterocycles. The van der Waals surface area contributed by atoms with Gasteiger partial charge in [-0.15, -0.1) is 11.3 Å². The zero-order valence-corrected chi connectivity index (χ0v) is 25.7. The van der Waals surface area contributed by atoms with Gasteiger partial charge in [-0.1, -0.05) is 117 Å². The minimum Gasteiger partial charge on any atom is -0.292 e. The number of aromatic nitrogens is 3. The Morgan fingerprint density at radius 3 is 2.13 bits per heavy atom. The summed E-state index contributed by atoms with van der Waals surface area (Å²) < 4.78 is 4.89. The summed E-state index contributed by atoms with van der Waals surface area (Å²) in [7, 11) is 0. The smallest absolute Gasteiger partial charge is 0.165 e. The minimum absolute atomic E-state index is 0.267. The van der Waals surface area contributed by atoms with Crippen molar-refractivity contribution in [3.05, 3.63) is 139 Å². The average molecular weight is 594 g/mol. The van der Waals surface area contributed by atoms with Gasteiger partial charge in [-0.2, -0.15) is 0 Å². The fourth-order valence-electron chi connectivity index (χ4n) is 7.57. The summed E-state index contributed by atoms with van der Waals surface area (Å²) in [5, 5.41) is 7.43. The monoisotopic (exact) mass is 593 g/mol. The molecule has 0 saturated heterocycles. The molecule has 0 fully saturated rings. The highest BCUT2D eigenvalue weighted by Gasteiger charge is 2.39. The summed E-state index contributed by atoms with van der Waals surface area (Å²) in [5.41, 5.74) is 8.50. The first-order valence-corrected chi connectivity index (χ1v) is 16.2. The van der Waals surface area contributed by atoms with Crippen molar-refractivity contribution in [3.8, 4) is 28.3 Å². The van der Waals surface area contributed by atoms with Gasteiger partial charge in [0, 0.05) is 47.5 Å². The second-order valence-corrected chi connectivity index (χ2v) is 13.7. The molecule has 212 valence electrons. The normalized spacial score (nSPS) is 13.7. The molecule has 0 N–H and O–H groups in total. The Morgan fingerprint density at radius 1 is 0.556 bits per heavy atom. The Kier molecular flexibility index (Phi) is 4.94. The lowest BCUT2D eigenvalue weighted by Gasteiger charge is -2.21. The van der Waals surface area contributed by atoms with Crippen LogP contribution in [0.1, 0.15) is 25.1 Å². The number of hydrogen-bond donors (Lipinski definition) is 0. The molecule has 10 rings (SSSR count). The van der Waals surface area contributed by atoms with Crippen molar-refractivity contribution < 1.29 is 0 Å². The van der Waals surface area contributed by atoms with Crippen LogP contribution >= 0.6 is 11.3 Å². The molecule has 1 aliphatic rings. The summed E-state index contributed by atoms with van der Waals surface area (Å²) in [6, 6.07) is 46.0. The van der Waals surface area contributed by atoms with E-state index in [4.69, 9.17) is 9.97 Å². The number of rotatable bonds is 2. The van der Waals surface area contributed by atoms with E-state index in [1.165, 1.54) is 52.8 Å². The van der Waals surface area contributed by atoms with E-state index in [0.717, 1.165) is 39.5 Å². The van der Waals surface area contributed by atoms with Gasteiger partial charge >= 0.3 is 0 Å². The lowest BCUT2D eigenvalue weighted by molar-refractivity contribution is 0.635. The molecule has 0 unspecified atom stereocenters. The van der Waals surface area contributed by atoms with Gasteiger partial charge in [0.1, 0.15) is 5.69 Å². The predicted molar refractivity (Wildman–Crippen MR) is 190 cm³/mol. The van der Waals surface area contributed by atoms with Gasteiger partial charge in [-0.25, -0.2) is 9.97 Å². The Hall–Kier alpha value is -5.32. The standard InChI is InChI=1S/C41H27N3S/c1-41(2)32-19-8-5-16-29(32)36-39(41)42-37(30-18-11-17-28-27-15-7-10-21-35(27)45-38(28)30)40(43-36)44-33-20-9-6-14-26(33)31-22-24-12-3-4-13-25(24)23-34(31)44/h3-23H,1-2H3. The number of thiophene rings is 1. The minimum atomic E-state index is -0.267. The van der Waals surface area contributed by atoms with Gasteiger partial charge in [0.15, 0.2) is 5.82 Å². The zero-order chi connectivity index (χ0) is 29.9. The first-order valence-electron chi connectivity index (χ1n) is 15.4. The molecule has 0 aliphatic heterocycles. The van der Waals surface area contributed by atoms with Crippen LogP contribution in [0.3, 0.4) is 0 Å². The highest BCUT2D eigenvalue weighted by atomic mass is 32.1. The topological polar surface area (TPSA) is 30.7 Å². The number of para-hydroxylation sites is 1. The second kappa shape index (κ2) is 8.87. The van der Waals surface area contributed by atoms with Crippen molar-refractivity contribution in [3.63, 3.8) is 0 Å². The largest absolute Gasteiger partial charge is 0.292 e. The van der Waals surface area contributed by atoms with E-state index in [9.17, 15) is 0 Å². The Balaban J connectivity index is 1.39. The van der Waals surface area contributed by atoms with Gasteiger partial charge in [-0.3, -0.25) is 4.57 Å². The molecule has 4 heteroatoms. The van der Waals surface area contributed by atoms with E-state index in [-0.39, 0.29) is 5.41 Å². The fourth-order valence-corrected chi connectivity index (χ4v) is 8.78. The third-order valence-electron chi connectivity index (χ3n) is 9.74. The van der Waals surface area contributed by atoms with E-state index >= 15 is 0 Å². The molecular weight excluding hydrogens is 567 g/mol. The van der Waals surface area contributed by atoms with Crippen molar-refractivity contribution in [1.82, 2.24) is 14.5 Å². The molecule has 0 radical (unpaired) electrons. The Morgan fingerprint density at radius 2 is 1.24 bits per heavy atom. The fraction of sp³-hybridized carbons (Fsp3) is 0.0732. The Bertz CT molecular complexity index is 2690. The molecule has 0 bridgehead atoms. The van der Waals surface area contributed by atoms with Crippen molar-refractivity contribution in [2.75, 3.05) is 0 Å². The SMILES string of the molecule is CC1(C)c2ccccc2-c2nc(-n3c4ccccc4c4cc5ccccc5cc43)c(-c3cccc4c3sc3ccccc34)nc21. The zero-order valence-electron chi connectivity index (χ0n) is 24.9. The van der Waals surface area contributed by atoms with Crippen LogP contribution in [0.25, 0.3) is 81.1 Å². The van der Waals surface area contributed by atoms with E-state index in [1.54, 1.807) is 0 Å². The van der Waals surface area contributed by atoms with Gasteiger partial charge in [-0.05, 0) is 40.6 Å². The maximum Gasteiger partial charge on any atom is 0.165 e. The third-order valence-corrected chi connectivity index (χ3v) is 11.0. The molecule has 6 aromatic carbocycles. The highest BCUT2D eigenvalue weighted by molar-refractivity contribution is 7.26. The molecule has 45 heavy (non-hydrogen) atoms. The van der Waals surface area contributed by atoms with Crippen LogP contribution in [0.2, 0.25) is 0 Å². The summed E-state index contributed by atoms with van der Waals surface area (Å²) in [6.45, 7) is 4.56. The van der Waals surface area contributed by atoms with Gasteiger partial charge in [0.25, 0.3) is 0 Å². The van der Waals surface area contributed by atoms with Crippen molar-refractivity contribution in [2.45, 2.75) is 19.3 Å². The van der Waals surface area contributed by atoms with Crippen molar-refractivity contribution in [2.24, 2.45) is 0 Å². The van der Waals surface area contributed by atoms with Crippen LogP contribution in [0.5, 0.6) is 0 Å². The quantitative estimate of drug-likeness (QED) is 0.200. The maximum absolute atomic E-state index is 5.67. The van der Waals surface area contributed by atoms with Crippen LogP contribution in [0, 0.1) is 0 Å². The highest BCUT2D eigenvalue weighted by Crippen LogP contribution is 2.50. The number of nitrogens with zero attached hydrogens (tertiary/aromatic N) is 3. The molecule has 0 spiro atoms. The van der Waals surface area contributed by atoms with Crippen LogP contribution in [0.4, 0.5) is 0 Å². The van der Waals surface area contributed by atoms with E-state index in [1.807, 2.05) is 11.3 Å². The molecular formula is C41H27N3S. The van der Waals surface area contributed by atoms with E-state index in [0.29, 0.717) is 0 Å². The average Bonchev–Trinajstić information content (AvgIpc) is 3.69. The summed E-state index contributed by atoms with van der Waals surface area (Å²) in [5.74, 6) is 0.868. The first-order chi connectivity index (χ1) is 22.1. The third kappa shape index (κ3) is 3.35. The molecule has 1 aliphatic carbocycles. The van der Waals surface area contributed by atoms with Gasteiger partial charge < -0.3 is 0 Å². The van der Waals surface area contributed by atoms with Crippen LogP contribution < -0.4 is 0 Å². The Labute approximate surface area is 264 Å². The van der Waals surface area contributed by atoms with E-state index < -0.39 is 0 Å². The maximum atomic E-state index is 5.67. The number of benzene rings is 6. The van der Waals surface area contributed by atoms with Crippen molar-refractivity contribution >= 4 is 64.1 Å².